The van der Waals surface area contributed by atoms with Crippen molar-refractivity contribution in [2.45, 2.75) is 36.9 Å². The number of sulfonamides is 1. The van der Waals surface area contributed by atoms with Crippen molar-refractivity contribution in [3.05, 3.63) is 46.1 Å². The van der Waals surface area contributed by atoms with Gasteiger partial charge in [-0.1, -0.05) is 53.3 Å². The number of nitrogens with zero attached hydrogens (tertiary/aromatic N) is 1. The van der Waals surface area contributed by atoms with Crippen LogP contribution in [0.4, 0.5) is 0 Å². The second-order valence-corrected chi connectivity index (χ2v) is 8.38. The molecule has 1 unspecified atom stereocenters. The molecule has 0 amide bonds. The molecule has 4 nitrogen and oxygen atoms in total. The first-order valence-corrected chi connectivity index (χ1v) is 9.25. The van der Waals surface area contributed by atoms with E-state index in [1.807, 2.05) is 37.3 Å². The topological polar surface area (TPSA) is 59.1 Å². The molecular weight excluding hydrogens is 328 g/mol. The lowest BCUT2D eigenvalue weighted by Gasteiger charge is -2.13. The van der Waals surface area contributed by atoms with Crippen molar-refractivity contribution in [3.8, 4) is 0 Å². The molecule has 0 saturated carbocycles. The molecule has 1 aromatic carbocycles. The van der Waals surface area contributed by atoms with Crippen LogP contribution in [0.3, 0.4) is 0 Å². The number of hydrogen-bond acceptors (Lipinski definition) is 4. The van der Waals surface area contributed by atoms with Gasteiger partial charge in [-0.15, -0.1) is 0 Å². The number of aromatic nitrogens is 1. The SMILES string of the molecule is Cc1nc(Cl)sc1S(=O)(=O)NC(C)CCc1ccccc1. The summed E-state index contributed by atoms with van der Waals surface area (Å²) in [6, 6.07) is 9.84. The lowest BCUT2D eigenvalue weighted by atomic mass is 10.1. The van der Waals surface area contributed by atoms with Crippen LogP contribution in [0.25, 0.3) is 0 Å². The summed E-state index contributed by atoms with van der Waals surface area (Å²) < 4.78 is 27.7. The van der Waals surface area contributed by atoms with Crippen LogP contribution in [0.1, 0.15) is 24.6 Å². The van der Waals surface area contributed by atoms with Crippen LogP contribution in [0, 0.1) is 6.92 Å². The summed E-state index contributed by atoms with van der Waals surface area (Å²) in [7, 11) is -3.55. The Morgan fingerprint density at radius 2 is 2.00 bits per heavy atom. The summed E-state index contributed by atoms with van der Waals surface area (Å²) in [5, 5.41) is 0. The average Bonchev–Trinajstić information content (AvgIpc) is 2.77. The third-order valence-electron chi connectivity index (χ3n) is 3.04. The van der Waals surface area contributed by atoms with Gasteiger partial charge in [0.15, 0.2) is 8.68 Å². The molecule has 0 bridgehead atoms. The van der Waals surface area contributed by atoms with Crippen molar-refractivity contribution in [2.75, 3.05) is 0 Å². The van der Waals surface area contributed by atoms with Gasteiger partial charge in [-0.2, -0.15) is 0 Å². The summed E-state index contributed by atoms with van der Waals surface area (Å²) in [5.74, 6) is 0. The fraction of sp³-hybridized carbons (Fsp3) is 0.357. The van der Waals surface area contributed by atoms with E-state index in [1.54, 1.807) is 6.92 Å². The maximum Gasteiger partial charge on any atom is 0.252 e. The molecule has 1 heterocycles. The monoisotopic (exact) mass is 344 g/mol. The molecule has 0 fully saturated rings. The summed E-state index contributed by atoms with van der Waals surface area (Å²) in [4.78, 5) is 3.94. The van der Waals surface area contributed by atoms with Crippen molar-refractivity contribution in [1.29, 1.82) is 0 Å². The van der Waals surface area contributed by atoms with E-state index < -0.39 is 10.0 Å². The Morgan fingerprint density at radius 3 is 2.57 bits per heavy atom. The first kappa shape index (κ1) is 16.4. The van der Waals surface area contributed by atoms with Crippen LogP contribution >= 0.6 is 22.9 Å². The molecule has 0 aliphatic rings. The first-order chi connectivity index (χ1) is 9.88. The normalized spacial score (nSPS) is 13.3. The summed E-state index contributed by atoms with van der Waals surface area (Å²) in [5.41, 5.74) is 1.63. The molecule has 0 radical (unpaired) electrons. The van der Waals surface area contributed by atoms with Gasteiger partial charge in [-0.3, -0.25) is 0 Å². The minimum Gasteiger partial charge on any atom is -0.229 e. The predicted octanol–water partition coefficient (Wildman–Crippen LogP) is 3.40. The van der Waals surface area contributed by atoms with Crippen molar-refractivity contribution in [3.63, 3.8) is 0 Å². The highest BCUT2D eigenvalue weighted by atomic mass is 35.5. The molecule has 1 atom stereocenters. The van der Waals surface area contributed by atoms with E-state index in [9.17, 15) is 8.42 Å². The number of rotatable bonds is 6. The standard InChI is InChI=1S/C14H17ClN2O2S2/c1-10(8-9-12-6-4-3-5-7-12)17-21(18,19)13-11(2)16-14(15)20-13/h3-7,10,17H,8-9H2,1-2H3. The summed E-state index contributed by atoms with van der Waals surface area (Å²) in [6.45, 7) is 3.50. The van der Waals surface area contributed by atoms with E-state index in [2.05, 4.69) is 9.71 Å². The fourth-order valence-electron chi connectivity index (χ4n) is 2.01. The second-order valence-electron chi connectivity index (χ2n) is 4.89. The van der Waals surface area contributed by atoms with Crippen molar-refractivity contribution in [2.24, 2.45) is 0 Å². The van der Waals surface area contributed by atoms with Crippen molar-refractivity contribution in [1.82, 2.24) is 9.71 Å². The quantitative estimate of drug-likeness (QED) is 0.873. The Bertz CT molecular complexity index is 699. The zero-order valence-electron chi connectivity index (χ0n) is 11.8. The zero-order valence-corrected chi connectivity index (χ0v) is 14.2. The van der Waals surface area contributed by atoms with Gasteiger partial charge in [-0.05, 0) is 32.3 Å². The first-order valence-electron chi connectivity index (χ1n) is 6.57. The van der Waals surface area contributed by atoms with Crippen LogP contribution in [-0.4, -0.2) is 19.4 Å². The highest BCUT2D eigenvalue weighted by Gasteiger charge is 2.23. The highest BCUT2D eigenvalue weighted by Crippen LogP contribution is 2.26. The van der Waals surface area contributed by atoms with Crippen LogP contribution < -0.4 is 4.72 Å². The zero-order chi connectivity index (χ0) is 15.5. The molecule has 1 N–H and O–H groups in total. The van der Waals surface area contributed by atoms with Gasteiger partial charge >= 0.3 is 0 Å². The Morgan fingerprint density at radius 1 is 1.33 bits per heavy atom. The summed E-state index contributed by atoms with van der Waals surface area (Å²) in [6.07, 6.45) is 1.56. The fourth-order valence-corrected chi connectivity index (χ4v) is 5.04. The Hall–Kier alpha value is -0.950. The molecular formula is C14H17ClN2O2S2. The van der Waals surface area contributed by atoms with Gasteiger partial charge in [-0.25, -0.2) is 18.1 Å². The lowest BCUT2D eigenvalue weighted by molar-refractivity contribution is 0.548. The maximum absolute atomic E-state index is 12.3. The molecule has 0 saturated heterocycles. The van der Waals surface area contributed by atoms with Crippen LogP contribution in [0.5, 0.6) is 0 Å². The molecule has 21 heavy (non-hydrogen) atoms. The van der Waals surface area contributed by atoms with Gasteiger partial charge < -0.3 is 0 Å². The largest absolute Gasteiger partial charge is 0.252 e. The lowest BCUT2D eigenvalue weighted by Crippen LogP contribution is -2.32. The molecule has 2 aromatic rings. The van der Waals surface area contributed by atoms with Gasteiger partial charge in [0.1, 0.15) is 0 Å². The molecule has 2 rings (SSSR count). The third-order valence-corrected chi connectivity index (χ3v) is 6.50. The Kier molecular flexibility index (Phi) is 5.37. The molecule has 0 spiro atoms. The Labute approximate surface area is 134 Å². The van der Waals surface area contributed by atoms with E-state index in [0.717, 1.165) is 24.2 Å². The van der Waals surface area contributed by atoms with E-state index in [0.29, 0.717) is 5.69 Å². The van der Waals surface area contributed by atoms with E-state index in [4.69, 9.17) is 11.6 Å². The molecule has 1 aromatic heterocycles. The van der Waals surface area contributed by atoms with Crippen molar-refractivity contribution < 1.29 is 8.42 Å². The van der Waals surface area contributed by atoms with Crippen LogP contribution in [0.2, 0.25) is 4.47 Å². The number of nitrogens with one attached hydrogen (secondary N) is 1. The third kappa shape index (κ3) is 4.51. The number of thiazole rings is 1. The van der Waals surface area contributed by atoms with Gasteiger partial charge in [0.2, 0.25) is 0 Å². The highest BCUT2D eigenvalue weighted by molar-refractivity contribution is 7.91. The minimum absolute atomic E-state index is 0.157. The molecule has 0 aliphatic heterocycles. The minimum atomic E-state index is -3.55. The van der Waals surface area contributed by atoms with Gasteiger partial charge in [0, 0.05) is 6.04 Å². The second kappa shape index (κ2) is 6.87. The molecule has 0 aliphatic carbocycles. The maximum atomic E-state index is 12.3. The van der Waals surface area contributed by atoms with Gasteiger partial charge in [0.25, 0.3) is 10.0 Å². The Balaban J connectivity index is 1.98. The smallest absolute Gasteiger partial charge is 0.229 e. The predicted molar refractivity (Wildman–Crippen MR) is 86.4 cm³/mol. The van der Waals surface area contributed by atoms with Crippen LogP contribution in [-0.2, 0) is 16.4 Å². The number of benzene rings is 1. The molecule has 7 heteroatoms. The average molecular weight is 345 g/mol. The summed E-state index contributed by atoms with van der Waals surface area (Å²) >= 11 is 6.75. The van der Waals surface area contributed by atoms with E-state index in [1.165, 1.54) is 5.56 Å². The van der Waals surface area contributed by atoms with E-state index >= 15 is 0 Å². The van der Waals surface area contributed by atoms with Gasteiger partial charge in [0.05, 0.1) is 5.69 Å². The van der Waals surface area contributed by atoms with Crippen molar-refractivity contribution >= 4 is 33.0 Å². The van der Waals surface area contributed by atoms with Crippen LogP contribution in [0.15, 0.2) is 34.5 Å². The molecule has 114 valence electrons. The number of halogens is 1. The van der Waals surface area contributed by atoms with E-state index in [-0.39, 0.29) is 14.7 Å². The number of aryl methyl sites for hydroxylation is 2. The number of hydrogen-bond donors (Lipinski definition) is 1.